The first kappa shape index (κ1) is 15.9. The van der Waals surface area contributed by atoms with Crippen molar-refractivity contribution in [1.82, 2.24) is 10.0 Å². The van der Waals surface area contributed by atoms with Gasteiger partial charge in [-0.2, -0.15) is 0 Å². The number of carbonyl (C=O) groups is 2. The summed E-state index contributed by atoms with van der Waals surface area (Å²) in [5.41, 5.74) is -1.16. The maximum absolute atomic E-state index is 11.3. The zero-order valence-electron chi connectivity index (χ0n) is 10.1. The van der Waals surface area contributed by atoms with Crippen LogP contribution in [0.2, 0.25) is 0 Å². The molecular weight excluding hydrogens is 248 g/mol. The number of hydrogen-bond acceptors (Lipinski definition) is 4. The predicted octanol–water partition coefficient (Wildman–Crippen LogP) is -0.847. The van der Waals surface area contributed by atoms with E-state index >= 15 is 0 Å². The number of nitrogens with one attached hydrogen (secondary N) is 2. The molecule has 0 aromatic carbocycles. The van der Waals surface area contributed by atoms with Crippen LogP contribution in [0.3, 0.4) is 0 Å². The predicted molar refractivity (Wildman–Crippen MR) is 61.9 cm³/mol. The summed E-state index contributed by atoms with van der Waals surface area (Å²) in [6.07, 6.45) is -0.193. The highest BCUT2D eigenvalue weighted by atomic mass is 32.2. The summed E-state index contributed by atoms with van der Waals surface area (Å²) in [4.78, 5) is 22.1. The van der Waals surface area contributed by atoms with Crippen molar-refractivity contribution in [2.24, 2.45) is 5.41 Å². The van der Waals surface area contributed by atoms with E-state index in [0.29, 0.717) is 0 Å². The molecule has 8 heteroatoms. The summed E-state index contributed by atoms with van der Waals surface area (Å²) in [6.45, 7) is 2.82. The zero-order valence-corrected chi connectivity index (χ0v) is 10.9. The molecule has 17 heavy (non-hydrogen) atoms. The van der Waals surface area contributed by atoms with Gasteiger partial charge in [-0.05, 0) is 20.9 Å². The molecule has 0 aliphatic heterocycles. The first-order valence-electron chi connectivity index (χ1n) is 5.02. The minimum absolute atomic E-state index is 0.0439. The average Bonchev–Trinajstić information content (AvgIpc) is 2.16. The number of sulfonamides is 1. The van der Waals surface area contributed by atoms with Crippen molar-refractivity contribution in [3.63, 3.8) is 0 Å². The van der Waals surface area contributed by atoms with Crippen molar-refractivity contribution in [3.8, 4) is 0 Å². The van der Waals surface area contributed by atoms with Gasteiger partial charge in [-0.15, -0.1) is 0 Å². The Kier molecular flexibility index (Phi) is 5.56. The van der Waals surface area contributed by atoms with Crippen molar-refractivity contribution in [2.45, 2.75) is 20.3 Å². The normalized spacial score (nSPS) is 12.2. The smallest absolute Gasteiger partial charge is 0.309 e. The third kappa shape index (κ3) is 6.22. The standard InChI is InChI=1S/C9H18N2O5S/c1-9(2,8(13)14)6-7(12)11-4-5-17(15,16)10-3/h10H,4-6H2,1-3H3,(H,11,12)(H,13,14). The van der Waals surface area contributed by atoms with Crippen molar-refractivity contribution in [2.75, 3.05) is 19.3 Å². The lowest BCUT2D eigenvalue weighted by Crippen LogP contribution is -2.36. The molecule has 0 saturated carbocycles. The van der Waals surface area contributed by atoms with Gasteiger partial charge in [0.05, 0.1) is 11.2 Å². The van der Waals surface area contributed by atoms with Gasteiger partial charge in [-0.1, -0.05) is 0 Å². The molecule has 0 saturated heterocycles. The minimum Gasteiger partial charge on any atom is -0.481 e. The molecule has 0 unspecified atom stereocenters. The molecule has 0 radical (unpaired) electrons. The lowest BCUT2D eigenvalue weighted by Gasteiger charge is -2.18. The van der Waals surface area contributed by atoms with Crippen LogP contribution in [0.15, 0.2) is 0 Å². The lowest BCUT2D eigenvalue weighted by molar-refractivity contribution is -0.149. The molecule has 0 atom stereocenters. The number of aliphatic carboxylic acids is 1. The van der Waals surface area contributed by atoms with Gasteiger partial charge in [0, 0.05) is 13.0 Å². The Hall–Kier alpha value is -1.15. The molecule has 0 aromatic rings. The van der Waals surface area contributed by atoms with Crippen LogP contribution in [-0.4, -0.2) is 44.7 Å². The fourth-order valence-corrected chi connectivity index (χ4v) is 1.54. The molecule has 1 amide bonds. The number of rotatable bonds is 7. The van der Waals surface area contributed by atoms with E-state index in [-0.39, 0.29) is 18.7 Å². The Labute approximate surface area is 101 Å². The third-order valence-corrected chi connectivity index (χ3v) is 3.55. The van der Waals surface area contributed by atoms with Crippen LogP contribution in [0.25, 0.3) is 0 Å². The van der Waals surface area contributed by atoms with Crippen LogP contribution in [0, 0.1) is 5.41 Å². The second kappa shape index (κ2) is 5.97. The average molecular weight is 266 g/mol. The second-order valence-corrected chi connectivity index (χ2v) is 6.28. The topological polar surface area (TPSA) is 113 Å². The minimum atomic E-state index is -3.36. The summed E-state index contributed by atoms with van der Waals surface area (Å²) in [5, 5.41) is 11.2. The highest BCUT2D eigenvalue weighted by Gasteiger charge is 2.29. The van der Waals surface area contributed by atoms with Gasteiger partial charge in [-0.3, -0.25) is 9.59 Å². The van der Waals surface area contributed by atoms with E-state index in [0.717, 1.165) is 0 Å². The monoisotopic (exact) mass is 266 g/mol. The Morgan fingerprint density at radius 1 is 1.29 bits per heavy atom. The van der Waals surface area contributed by atoms with Gasteiger partial charge in [-0.25, -0.2) is 13.1 Å². The van der Waals surface area contributed by atoms with Gasteiger partial charge in [0.25, 0.3) is 0 Å². The Balaban J connectivity index is 4.10. The molecule has 3 N–H and O–H groups in total. The van der Waals surface area contributed by atoms with Crippen molar-refractivity contribution in [1.29, 1.82) is 0 Å². The Morgan fingerprint density at radius 2 is 1.82 bits per heavy atom. The van der Waals surface area contributed by atoms with Crippen LogP contribution in [0.5, 0.6) is 0 Å². The van der Waals surface area contributed by atoms with E-state index < -0.39 is 27.3 Å². The lowest BCUT2D eigenvalue weighted by atomic mass is 9.89. The van der Waals surface area contributed by atoms with E-state index in [4.69, 9.17) is 5.11 Å². The van der Waals surface area contributed by atoms with Crippen molar-refractivity contribution < 1.29 is 23.1 Å². The first-order valence-corrected chi connectivity index (χ1v) is 6.67. The molecule has 7 nitrogen and oxygen atoms in total. The third-order valence-electron chi connectivity index (χ3n) is 2.19. The van der Waals surface area contributed by atoms with E-state index in [1.807, 2.05) is 0 Å². The van der Waals surface area contributed by atoms with Gasteiger partial charge in [0.1, 0.15) is 0 Å². The van der Waals surface area contributed by atoms with Crippen LogP contribution < -0.4 is 10.0 Å². The molecule has 0 aromatic heterocycles. The number of carbonyl (C=O) groups excluding carboxylic acids is 1. The van der Waals surface area contributed by atoms with Gasteiger partial charge in [0.15, 0.2) is 0 Å². The first-order chi connectivity index (χ1) is 7.60. The highest BCUT2D eigenvalue weighted by Crippen LogP contribution is 2.19. The molecule has 0 aliphatic rings. The van der Waals surface area contributed by atoms with Gasteiger partial charge >= 0.3 is 5.97 Å². The fraction of sp³-hybridized carbons (Fsp3) is 0.778. The summed E-state index contributed by atoms with van der Waals surface area (Å²) in [5.74, 6) is -1.79. The second-order valence-electron chi connectivity index (χ2n) is 4.24. The SMILES string of the molecule is CNS(=O)(=O)CCNC(=O)CC(C)(C)C(=O)O. The van der Waals surface area contributed by atoms with E-state index in [1.165, 1.54) is 20.9 Å². The Bertz CT molecular complexity index is 388. The summed E-state index contributed by atoms with van der Waals surface area (Å²) in [7, 11) is -2.07. The number of amides is 1. The molecule has 100 valence electrons. The highest BCUT2D eigenvalue weighted by molar-refractivity contribution is 7.89. The zero-order chi connectivity index (χ0) is 13.7. The molecule has 0 bridgehead atoms. The quantitative estimate of drug-likeness (QED) is 0.555. The van der Waals surface area contributed by atoms with Crippen LogP contribution in [-0.2, 0) is 19.6 Å². The molecule has 0 fully saturated rings. The number of carboxylic acid groups (broad SMARTS) is 1. The van der Waals surface area contributed by atoms with Gasteiger partial charge in [0.2, 0.25) is 15.9 Å². The Morgan fingerprint density at radius 3 is 2.24 bits per heavy atom. The van der Waals surface area contributed by atoms with Crippen molar-refractivity contribution >= 4 is 21.9 Å². The summed E-state index contributed by atoms with van der Waals surface area (Å²) >= 11 is 0. The maximum Gasteiger partial charge on any atom is 0.309 e. The van der Waals surface area contributed by atoms with Crippen LogP contribution in [0.4, 0.5) is 0 Å². The molecule has 0 spiro atoms. The summed E-state index contributed by atoms with van der Waals surface area (Å²) in [6, 6.07) is 0. The maximum atomic E-state index is 11.3. The molecule has 0 aliphatic carbocycles. The van der Waals surface area contributed by atoms with E-state index in [9.17, 15) is 18.0 Å². The van der Waals surface area contributed by atoms with Crippen LogP contribution in [0.1, 0.15) is 20.3 Å². The fourth-order valence-electron chi connectivity index (χ4n) is 0.966. The number of hydrogen-bond donors (Lipinski definition) is 3. The molecule has 0 heterocycles. The van der Waals surface area contributed by atoms with Crippen LogP contribution >= 0.6 is 0 Å². The van der Waals surface area contributed by atoms with E-state index in [2.05, 4.69) is 10.0 Å². The molecule has 0 rings (SSSR count). The molecular formula is C9H18N2O5S. The van der Waals surface area contributed by atoms with Crippen molar-refractivity contribution in [3.05, 3.63) is 0 Å². The largest absolute Gasteiger partial charge is 0.481 e. The number of carboxylic acids is 1. The van der Waals surface area contributed by atoms with Gasteiger partial charge < -0.3 is 10.4 Å². The summed E-state index contributed by atoms with van der Waals surface area (Å²) < 4.78 is 24.1. The van der Waals surface area contributed by atoms with E-state index in [1.54, 1.807) is 0 Å².